The van der Waals surface area contributed by atoms with Crippen molar-refractivity contribution in [2.75, 3.05) is 7.05 Å². The van der Waals surface area contributed by atoms with Gasteiger partial charge in [-0.15, -0.1) is 18.2 Å². The molecule has 0 radical (unpaired) electrons. The zero-order chi connectivity index (χ0) is 25.2. The molecule has 2 unspecified atom stereocenters. The van der Waals surface area contributed by atoms with Crippen LogP contribution >= 0.6 is 0 Å². The van der Waals surface area contributed by atoms with Gasteiger partial charge in [0.25, 0.3) is 0 Å². The van der Waals surface area contributed by atoms with Crippen LogP contribution in [0.2, 0.25) is 0 Å². The molecule has 0 N–H and O–H groups in total. The van der Waals surface area contributed by atoms with Crippen molar-refractivity contribution in [3.63, 3.8) is 0 Å². The van der Waals surface area contributed by atoms with Crippen molar-refractivity contribution in [2.24, 2.45) is 0 Å². The summed E-state index contributed by atoms with van der Waals surface area (Å²) in [4.78, 5) is 28.4. The first-order valence-corrected chi connectivity index (χ1v) is 12.2. The van der Waals surface area contributed by atoms with Crippen LogP contribution in [0.4, 0.5) is 0 Å². The van der Waals surface area contributed by atoms with Crippen LogP contribution in [-0.4, -0.2) is 27.9 Å². The van der Waals surface area contributed by atoms with Crippen LogP contribution in [-0.2, 0) is 24.9 Å². The summed E-state index contributed by atoms with van der Waals surface area (Å²) in [6, 6.07) is 40.2. The van der Waals surface area contributed by atoms with Crippen molar-refractivity contribution >= 4 is 5.91 Å². The number of aromatic nitrogens is 3. The van der Waals surface area contributed by atoms with E-state index in [0.717, 1.165) is 33.9 Å². The second-order valence-electron chi connectivity index (χ2n) is 8.96. The van der Waals surface area contributed by atoms with Crippen molar-refractivity contribution in [3.8, 4) is 0 Å². The fourth-order valence-electron chi connectivity index (χ4n) is 5.02. The number of fused-ring (bicyclic) bond motifs is 6. The van der Waals surface area contributed by atoms with Crippen molar-refractivity contribution in [1.29, 1.82) is 0 Å². The summed E-state index contributed by atoms with van der Waals surface area (Å²) >= 11 is 0. The van der Waals surface area contributed by atoms with Crippen molar-refractivity contribution < 1.29 is 24.9 Å². The Morgan fingerprint density at radius 1 is 0.605 bits per heavy atom. The van der Waals surface area contributed by atoms with E-state index in [0.29, 0.717) is 11.4 Å². The Morgan fingerprint density at radius 3 is 1.37 bits per heavy atom. The zero-order valence-electron chi connectivity index (χ0n) is 20.6. The molecule has 38 heavy (non-hydrogen) atoms. The molecule has 1 amide bonds. The van der Waals surface area contributed by atoms with Crippen molar-refractivity contribution in [2.45, 2.75) is 17.8 Å². The van der Waals surface area contributed by atoms with Gasteiger partial charge in [0.2, 0.25) is 0 Å². The maximum absolute atomic E-state index is 13.2. The third-order valence-corrected chi connectivity index (χ3v) is 6.71. The van der Waals surface area contributed by atoms with E-state index in [1.165, 1.54) is 7.05 Å². The third-order valence-electron chi connectivity index (χ3n) is 6.71. The van der Waals surface area contributed by atoms with Gasteiger partial charge in [-0.05, 0) is 36.4 Å². The molecule has 3 aromatic heterocycles. The average Bonchev–Trinajstić information content (AvgIpc) is 2.95. The first-order valence-electron chi connectivity index (χ1n) is 12.2. The maximum Gasteiger partial charge on any atom is 3.00 e. The molecular weight excluding hydrogens is 649 g/mol. The largest absolute Gasteiger partial charge is 3.00 e. The van der Waals surface area contributed by atoms with Gasteiger partial charge in [-0.3, -0.25) is 15.0 Å². The van der Waals surface area contributed by atoms with Gasteiger partial charge in [0.05, 0.1) is 46.0 Å². The zero-order valence-corrected chi connectivity index (χ0v) is 23.0. The standard InChI is InChI=1S/C32H24N4O.Ir/c1-33-32(37)31-27-19-9-17-25(35-27)29(21-11-4-2-5-12-21)23-15-8-16-24(34-23)30(22-13-6-3-7-14-22)26-18-10-20-28(31)36-26;/h2-11,13,15-20,29-31H,1H3,(H,33,37);/q-2;+3/p-1. The third kappa shape index (κ3) is 4.81. The average molecular weight is 672 g/mol. The second-order valence-corrected chi connectivity index (χ2v) is 8.96. The van der Waals surface area contributed by atoms with E-state index in [-0.39, 0.29) is 37.8 Å². The Bertz CT molecular complexity index is 1450. The quantitative estimate of drug-likeness (QED) is 0.227. The first kappa shape index (κ1) is 25.7. The number of carbonyl (C=O) groups excluding carboxylic acids is 1. The van der Waals surface area contributed by atoms with Crippen LogP contribution in [0.5, 0.6) is 0 Å². The molecule has 0 spiro atoms. The molecule has 6 heteroatoms. The van der Waals surface area contributed by atoms with Gasteiger partial charge >= 0.3 is 20.1 Å². The van der Waals surface area contributed by atoms with E-state index in [4.69, 9.17) is 15.0 Å². The van der Waals surface area contributed by atoms with E-state index in [1.54, 1.807) is 0 Å². The minimum Gasteiger partial charge on any atom is -0.655 e. The fourth-order valence-corrected chi connectivity index (χ4v) is 5.02. The number of pyridine rings is 3. The summed E-state index contributed by atoms with van der Waals surface area (Å²) in [6.07, 6.45) is 0. The molecule has 0 saturated heterocycles. The molecule has 6 bridgehead atoms. The topological polar surface area (TPSA) is 69.8 Å². The number of hydrogen-bond acceptors (Lipinski definition) is 4. The smallest absolute Gasteiger partial charge is 0.655 e. The molecule has 0 saturated carbocycles. The van der Waals surface area contributed by atoms with Crippen LogP contribution in [0.3, 0.4) is 0 Å². The SMILES string of the molecule is C[N-]C(=O)C1c2cccc(n2)C(c2[c-]cccc2)c2cccc(n2)C(c2[c-]cccc2)c2cccc1n2.[Ir+3]. The van der Waals surface area contributed by atoms with Gasteiger partial charge in [0.15, 0.2) is 0 Å². The molecule has 5 aromatic rings. The number of rotatable bonds is 3. The van der Waals surface area contributed by atoms with E-state index < -0.39 is 5.92 Å². The minimum atomic E-state index is -0.712. The summed E-state index contributed by atoms with van der Waals surface area (Å²) < 4.78 is 0. The summed E-state index contributed by atoms with van der Waals surface area (Å²) in [7, 11) is 1.52. The molecule has 2 aromatic carbocycles. The summed E-state index contributed by atoms with van der Waals surface area (Å²) in [6.45, 7) is 0. The number of carbonyl (C=O) groups is 1. The molecule has 6 rings (SSSR count). The minimum absolute atomic E-state index is 0. The fraction of sp³-hybridized carbons (Fsp3) is 0.125. The summed E-state index contributed by atoms with van der Waals surface area (Å²) in [5.74, 6) is -1.52. The van der Waals surface area contributed by atoms with E-state index in [2.05, 4.69) is 17.4 Å². The predicted molar refractivity (Wildman–Crippen MR) is 141 cm³/mol. The molecule has 5 nitrogen and oxygen atoms in total. The van der Waals surface area contributed by atoms with E-state index in [9.17, 15) is 4.79 Å². The Hall–Kier alpha value is -3.99. The molecule has 2 atom stereocenters. The summed E-state index contributed by atoms with van der Waals surface area (Å²) in [5, 5.41) is 4.02. The van der Waals surface area contributed by atoms with Gasteiger partial charge in [-0.1, -0.05) is 18.2 Å². The van der Waals surface area contributed by atoms with E-state index in [1.807, 2.05) is 103 Å². The van der Waals surface area contributed by atoms with Crippen LogP contribution in [0.15, 0.2) is 103 Å². The molecule has 4 heterocycles. The Kier molecular flexibility index (Phi) is 7.54. The van der Waals surface area contributed by atoms with E-state index >= 15 is 0 Å². The summed E-state index contributed by atoms with van der Waals surface area (Å²) in [5.41, 5.74) is 6.41. The van der Waals surface area contributed by atoms with Crippen LogP contribution in [0.1, 0.15) is 63.0 Å². The van der Waals surface area contributed by atoms with Crippen LogP contribution in [0.25, 0.3) is 5.32 Å². The van der Waals surface area contributed by atoms with Crippen LogP contribution in [0, 0.1) is 12.1 Å². The molecular formula is C32H23IrN4O. The Morgan fingerprint density at radius 2 is 1.00 bits per heavy atom. The Balaban J connectivity index is 0.00000294. The number of nitrogens with zero attached hydrogens (tertiary/aromatic N) is 4. The second kappa shape index (κ2) is 11.2. The number of likely N-dealkylation sites (N-methyl/N-ethyl adjacent to an activating group) is 1. The first-order chi connectivity index (χ1) is 18.2. The normalized spacial score (nSPS) is 17.8. The van der Waals surface area contributed by atoms with Gasteiger partial charge in [0.1, 0.15) is 0 Å². The molecule has 1 aliphatic rings. The molecule has 186 valence electrons. The maximum atomic E-state index is 13.2. The molecule has 0 aliphatic carbocycles. The number of benzene rings is 2. The Labute approximate surface area is 235 Å². The van der Waals surface area contributed by atoms with Crippen LogP contribution < -0.4 is 0 Å². The molecule has 1 aliphatic heterocycles. The van der Waals surface area contributed by atoms with Gasteiger partial charge in [0, 0.05) is 11.8 Å². The number of amides is 1. The predicted octanol–water partition coefficient (Wildman–Crippen LogP) is 5.81. The van der Waals surface area contributed by atoms with Gasteiger partial charge in [-0.25, -0.2) is 0 Å². The number of hydrogen-bond donors (Lipinski definition) is 0. The van der Waals surface area contributed by atoms with Gasteiger partial charge in [-0.2, -0.15) is 60.7 Å². The molecule has 0 fully saturated rings. The van der Waals surface area contributed by atoms with Crippen molar-refractivity contribution in [1.82, 2.24) is 15.0 Å². The van der Waals surface area contributed by atoms with Crippen molar-refractivity contribution in [3.05, 3.63) is 166 Å². The monoisotopic (exact) mass is 672 g/mol. The van der Waals surface area contributed by atoms with Gasteiger partial charge < -0.3 is 10.1 Å².